The topological polar surface area (TPSA) is 186 Å². The molecule has 1 saturated heterocycles. The van der Waals surface area contributed by atoms with Gasteiger partial charge in [-0.1, -0.05) is 16.9 Å². The molecule has 0 aromatic carbocycles. The van der Waals surface area contributed by atoms with Gasteiger partial charge in [0.25, 0.3) is 10.4 Å². The monoisotopic (exact) mass is 475 g/mol. The van der Waals surface area contributed by atoms with E-state index in [2.05, 4.69) is 9.44 Å². The number of nitrogens with zero attached hydrogens (tertiary/aromatic N) is 1. The fraction of sp³-hybridized carbons (Fsp3) is 0.917. The average molecular weight is 476 g/mol. The Bertz CT molecular complexity index is 602. The normalized spacial score (nSPS) is 30.4. The zero-order chi connectivity index (χ0) is 19.9. The summed E-state index contributed by atoms with van der Waals surface area (Å²) in [6.07, 6.45) is -3.21. The van der Waals surface area contributed by atoms with Gasteiger partial charge in [-0.3, -0.25) is 8.49 Å². The van der Waals surface area contributed by atoms with Crippen LogP contribution in [-0.4, -0.2) is 91.1 Å². The number of unbranched alkanes of at least 4 members (excludes halogenated alkanes) is 1. The Morgan fingerprint density at radius 3 is 2.41 bits per heavy atom. The van der Waals surface area contributed by atoms with Crippen molar-refractivity contribution in [1.29, 1.82) is 0 Å². The van der Waals surface area contributed by atoms with Crippen LogP contribution in [0.1, 0.15) is 19.3 Å². The standard InChI is InChI=1S/C12H23NO10S3.K/c1-25(18)5-3-2-4-8(13-23-26(19,20)21)24-12-11(17)10(16)9(15)7(6-14)22-12;/h7,9-12,14-17H,2-6H2,1H3,(H,19,20,21);/q;+1/p-1/b13-8-;. The van der Waals surface area contributed by atoms with Crippen molar-refractivity contribution in [2.45, 2.75) is 49.1 Å². The van der Waals surface area contributed by atoms with E-state index in [0.717, 1.165) is 0 Å². The molecule has 0 radical (unpaired) electrons. The maximum Gasteiger partial charge on any atom is 1.00 e. The molecule has 0 aromatic heterocycles. The summed E-state index contributed by atoms with van der Waals surface area (Å²) in [5, 5.41) is 41.9. The van der Waals surface area contributed by atoms with E-state index < -0.39 is 57.7 Å². The summed E-state index contributed by atoms with van der Waals surface area (Å²) in [5.41, 5.74) is -1.19. The molecule has 0 spiro atoms. The van der Waals surface area contributed by atoms with Crippen molar-refractivity contribution in [3.8, 4) is 0 Å². The number of aliphatic hydroxyl groups is 4. The van der Waals surface area contributed by atoms with E-state index in [0.29, 0.717) is 30.4 Å². The van der Waals surface area contributed by atoms with Gasteiger partial charge in [0.05, 0.1) is 6.61 Å². The second-order valence-corrected chi connectivity index (χ2v) is 9.21. The van der Waals surface area contributed by atoms with E-state index in [9.17, 15) is 32.5 Å². The summed E-state index contributed by atoms with van der Waals surface area (Å²) in [5.74, 6) is 0.415. The van der Waals surface area contributed by atoms with Crippen LogP contribution < -0.4 is 51.4 Å². The molecule has 0 bridgehead atoms. The van der Waals surface area contributed by atoms with E-state index >= 15 is 0 Å². The number of hydrogen-bond acceptors (Lipinski definition) is 12. The molecule has 4 N–H and O–H groups in total. The van der Waals surface area contributed by atoms with Crippen molar-refractivity contribution < 1.29 is 98.0 Å². The summed E-state index contributed by atoms with van der Waals surface area (Å²) in [6.45, 7) is -0.623. The first-order valence-electron chi connectivity index (χ1n) is 7.53. The Morgan fingerprint density at radius 1 is 1.26 bits per heavy atom. The molecule has 6 atom stereocenters. The number of hydrogen-bond donors (Lipinski definition) is 4. The minimum absolute atomic E-state index is 0. The van der Waals surface area contributed by atoms with Gasteiger partial charge in [-0.15, -0.1) is 0 Å². The van der Waals surface area contributed by atoms with E-state index in [1.54, 1.807) is 0 Å². The third kappa shape index (κ3) is 10.8. The number of rotatable bonds is 9. The molecule has 0 aliphatic carbocycles. The van der Waals surface area contributed by atoms with Crippen LogP contribution >= 0.6 is 11.8 Å². The number of ether oxygens (including phenoxy) is 1. The minimum Gasteiger partial charge on any atom is -0.714 e. The largest absolute Gasteiger partial charge is 1.00 e. The molecule has 1 rings (SSSR count). The number of oxime groups is 1. The van der Waals surface area contributed by atoms with Crippen molar-refractivity contribution in [2.24, 2.45) is 5.16 Å². The first-order chi connectivity index (χ1) is 12.0. The van der Waals surface area contributed by atoms with Crippen LogP contribution in [0.5, 0.6) is 0 Å². The fourth-order valence-electron chi connectivity index (χ4n) is 2.09. The van der Waals surface area contributed by atoms with Crippen LogP contribution in [0.3, 0.4) is 0 Å². The molecule has 1 aliphatic heterocycles. The molecule has 1 heterocycles. The van der Waals surface area contributed by atoms with Crippen LogP contribution in [0.2, 0.25) is 0 Å². The molecular formula is C12H22KNO10S3. The zero-order valence-corrected chi connectivity index (χ0v) is 20.4. The van der Waals surface area contributed by atoms with E-state index in [-0.39, 0.29) is 62.8 Å². The Morgan fingerprint density at radius 2 is 1.89 bits per heavy atom. The van der Waals surface area contributed by atoms with Crippen LogP contribution in [0.25, 0.3) is 0 Å². The van der Waals surface area contributed by atoms with Gasteiger partial charge >= 0.3 is 51.4 Å². The van der Waals surface area contributed by atoms with E-state index in [1.165, 1.54) is 6.26 Å². The van der Waals surface area contributed by atoms with Gasteiger partial charge in [-0.05, 0) is 19.3 Å². The average Bonchev–Trinajstić information content (AvgIpc) is 2.55. The summed E-state index contributed by atoms with van der Waals surface area (Å²) in [6, 6.07) is 0. The molecule has 11 nitrogen and oxygen atoms in total. The van der Waals surface area contributed by atoms with Crippen molar-refractivity contribution in [1.82, 2.24) is 0 Å². The van der Waals surface area contributed by atoms with Crippen LogP contribution in [-0.2, 0) is 30.2 Å². The Kier molecular flexibility index (Phi) is 14.2. The SMILES string of the molecule is CS(=O)CCCC/C(=N/OS(=O)(=O)[O-])SC1OC(CO)C(O)C(O)C1O.[K+]. The predicted molar refractivity (Wildman–Crippen MR) is 92.4 cm³/mol. The molecule has 0 saturated carbocycles. The first kappa shape index (κ1) is 28.3. The van der Waals surface area contributed by atoms with Crippen LogP contribution in [0.4, 0.5) is 0 Å². The maximum atomic E-state index is 11.0. The second kappa shape index (κ2) is 13.6. The quantitative estimate of drug-likeness (QED) is 0.0475. The van der Waals surface area contributed by atoms with Gasteiger partial charge in [-0.25, -0.2) is 0 Å². The summed E-state index contributed by atoms with van der Waals surface area (Å²) < 4.78 is 51.9. The van der Waals surface area contributed by atoms with E-state index in [1.807, 2.05) is 0 Å². The van der Waals surface area contributed by atoms with Gasteiger partial charge in [0.1, 0.15) is 34.9 Å². The molecular weight excluding hydrogens is 453 g/mol. The summed E-state index contributed by atoms with van der Waals surface area (Å²) >= 11 is 0.690. The molecule has 1 fully saturated rings. The van der Waals surface area contributed by atoms with Gasteiger partial charge in [-0.2, -0.15) is 8.42 Å². The van der Waals surface area contributed by atoms with E-state index in [4.69, 9.17) is 9.84 Å². The smallest absolute Gasteiger partial charge is 0.714 e. The molecule has 27 heavy (non-hydrogen) atoms. The van der Waals surface area contributed by atoms with Crippen LogP contribution in [0, 0.1) is 0 Å². The Hall–Kier alpha value is 1.32. The van der Waals surface area contributed by atoms with Gasteiger partial charge in [0.2, 0.25) is 0 Å². The summed E-state index contributed by atoms with van der Waals surface area (Å²) in [4.78, 5) is 0. The molecule has 0 aromatic rings. The van der Waals surface area contributed by atoms with Gasteiger partial charge in [0, 0.05) is 22.8 Å². The zero-order valence-electron chi connectivity index (χ0n) is 14.8. The number of aliphatic hydroxyl groups excluding tert-OH is 4. The second-order valence-electron chi connectivity index (χ2n) is 5.52. The van der Waals surface area contributed by atoms with Gasteiger partial charge in [0.15, 0.2) is 0 Å². The van der Waals surface area contributed by atoms with Crippen molar-refractivity contribution >= 4 is 38.0 Å². The molecule has 0 amide bonds. The molecule has 6 unspecified atom stereocenters. The summed E-state index contributed by atoms with van der Waals surface area (Å²) in [7, 11) is -6.09. The fourth-order valence-corrected chi connectivity index (χ4v) is 4.04. The predicted octanol–water partition coefficient (Wildman–Crippen LogP) is -5.14. The van der Waals surface area contributed by atoms with Crippen molar-refractivity contribution in [3.05, 3.63) is 0 Å². The minimum atomic E-state index is -5.08. The van der Waals surface area contributed by atoms with Crippen molar-refractivity contribution in [2.75, 3.05) is 18.6 Å². The molecule has 154 valence electrons. The van der Waals surface area contributed by atoms with Crippen LogP contribution in [0.15, 0.2) is 5.16 Å². The Balaban J connectivity index is 0.00000676. The molecule has 15 heteroatoms. The van der Waals surface area contributed by atoms with Crippen molar-refractivity contribution in [3.63, 3.8) is 0 Å². The first-order valence-corrected chi connectivity index (χ1v) is 11.5. The third-order valence-electron chi connectivity index (χ3n) is 3.40. The Labute approximate surface area is 206 Å². The third-order valence-corrected chi connectivity index (χ3v) is 5.70. The number of thioether (sulfide) groups is 1. The van der Waals surface area contributed by atoms with Gasteiger partial charge < -0.3 is 29.7 Å². The maximum absolute atomic E-state index is 11.0. The molecule has 1 aliphatic rings.